The zero-order valence-corrected chi connectivity index (χ0v) is 55.6. The van der Waals surface area contributed by atoms with Crippen LogP contribution in [0, 0.1) is 23.7 Å². The molecule has 0 aromatic heterocycles. The fourth-order valence-corrected chi connectivity index (χ4v) is 11.0. The van der Waals surface area contributed by atoms with Crippen LogP contribution in [0.15, 0.2) is 0 Å². The number of hydrogen-bond acceptors (Lipinski definition) is 15. The molecule has 0 saturated carbocycles. The Labute approximate surface area is 505 Å². The van der Waals surface area contributed by atoms with Crippen molar-refractivity contribution in [1.29, 1.82) is 0 Å². The standard InChI is InChI=1S/C64H124O17P2/c1-9-57(8)43-35-27-21-23-29-37-45-62(67)75-51-60(81-64(69)47-39-31-22-20-26-34-42-56(6)7)53-79-83(72,73)77-49-58(65)48-76-82(70,71)78-52-59(50-74-61(66)44-36-28-19-15-17-25-33-41-55(4)5)80-63(68)46-38-30-18-14-12-10-11-13-16-24-32-40-54(2)3/h54-60,65H,9-53H2,1-8H3,(H,70,71)(H,72,73)/t57?,58?,59-,60-/m1/s1. The lowest BCUT2D eigenvalue weighted by Crippen LogP contribution is -2.30. The molecule has 0 spiro atoms. The number of rotatable bonds is 61. The smallest absolute Gasteiger partial charge is 0.462 e. The maximum Gasteiger partial charge on any atom is 0.472 e. The van der Waals surface area contributed by atoms with E-state index in [0.29, 0.717) is 37.5 Å². The van der Waals surface area contributed by atoms with Gasteiger partial charge in [0.15, 0.2) is 12.2 Å². The van der Waals surface area contributed by atoms with E-state index in [0.717, 1.165) is 115 Å². The number of phosphoric acid groups is 2. The molecule has 6 atom stereocenters. The van der Waals surface area contributed by atoms with Crippen molar-refractivity contribution in [3.63, 3.8) is 0 Å². The van der Waals surface area contributed by atoms with E-state index >= 15 is 0 Å². The first-order valence-electron chi connectivity index (χ1n) is 33.2. The SMILES string of the molecule is CCC(C)CCCCCCCCC(=O)OC[C@H](COP(=O)(O)OCC(O)COP(=O)(O)OC[C@@H](COC(=O)CCCCCCCCCC(C)C)OC(=O)CCCCCCCCCCCCCC(C)C)OC(=O)CCCCCCCCC(C)C. The van der Waals surface area contributed by atoms with Crippen LogP contribution in [0.5, 0.6) is 0 Å². The Kier molecular flexibility index (Phi) is 53.0. The van der Waals surface area contributed by atoms with Gasteiger partial charge in [-0.3, -0.25) is 37.3 Å². The van der Waals surface area contributed by atoms with Crippen LogP contribution in [0.2, 0.25) is 0 Å². The molecule has 492 valence electrons. The number of phosphoric ester groups is 2. The summed E-state index contributed by atoms with van der Waals surface area (Å²) in [5.74, 6) is 0.727. The summed E-state index contributed by atoms with van der Waals surface area (Å²) < 4.78 is 67.9. The Morgan fingerprint density at radius 2 is 0.578 bits per heavy atom. The molecule has 3 N–H and O–H groups in total. The second-order valence-corrected chi connectivity index (χ2v) is 27.7. The maximum atomic E-state index is 13.0. The van der Waals surface area contributed by atoms with Gasteiger partial charge in [-0.2, -0.15) is 0 Å². The van der Waals surface area contributed by atoms with Crippen LogP contribution in [0.3, 0.4) is 0 Å². The van der Waals surface area contributed by atoms with Gasteiger partial charge in [-0.25, -0.2) is 9.13 Å². The van der Waals surface area contributed by atoms with Gasteiger partial charge in [0.2, 0.25) is 0 Å². The highest BCUT2D eigenvalue weighted by atomic mass is 31.2. The van der Waals surface area contributed by atoms with E-state index in [2.05, 4.69) is 55.4 Å². The zero-order chi connectivity index (χ0) is 61.8. The predicted molar refractivity (Wildman–Crippen MR) is 331 cm³/mol. The van der Waals surface area contributed by atoms with Crippen LogP contribution >= 0.6 is 15.6 Å². The third-order valence-corrected chi connectivity index (χ3v) is 16.8. The third kappa shape index (κ3) is 57.6. The van der Waals surface area contributed by atoms with Crippen molar-refractivity contribution < 1.29 is 80.2 Å². The highest BCUT2D eigenvalue weighted by Gasteiger charge is 2.30. The molecular formula is C64H124O17P2. The van der Waals surface area contributed by atoms with E-state index in [1.807, 2.05) is 0 Å². The molecule has 0 aromatic carbocycles. The Morgan fingerprint density at radius 3 is 0.855 bits per heavy atom. The number of ether oxygens (including phenoxy) is 4. The average molecular weight is 1230 g/mol. The molecule has 0 saturated heterocycles. The molecule has 83 heavy (non-hydrogen) atoms. The summed E-state index contributed by atoms with van der Waals surface area (Å²) in [6.45, 7) is 13.9. The Balaban J connectivity index is 5.24. The average Bonchev–Trinajstić information content (AvgIpc) is 3.46. The molecular weight excluding hydrogens is 1100 g/mol. The molecule has 0 aromatic rings. The van der Waals surface area contributed by atoms with Crippen molar-refractivity contribution >= 4 is 39.5 Å². The fourth-order valence-electron chi connectivity index (χ4n) is 9.40. The highest BCUT2D eigenvalue weighted by molar-refractivity contribution is 7.47. The molecule has 19 heteroatoms. The van der Waals surface area contributed by atoms with E-state index in [9.17, 15) is 43.2 Å². The maximum absolute atomic E-state index is 13.0. The van der Waals surface area contributed by atoms with Crippen LogP contribution in [0.25, 0.3) is 0 Å². The monoisotopic (exact) mass is 1230 g/mol. The van der Waals surface area contributed by atoms with E-state index in [1.165, 1.54) is 96.3 Å². The number of carbonyl (C=O) groups is 4. The second-order valence-electron chi connectivity index (χ2n) is 24.8. The quantitative estimate of drug-likeness (QED) is 0.0222. The molecule has 0 aliphatic heterocycles. The van der Waals surface area contributed by atoms with Crippen LogP contribution in [0.4, 0.5) is 0 Å². The first kappa shape index (κ1) is 81.1. The summed E-state index contributed by atoms with van der Waals surface area (Å²) in [7, 11) is -9.89. The Bertz CT molecular complexity index is 1660. The van der Waals surface area contributed by atoms with Gasteiger partial charge in [0.25, 0.3) is 0 Å². The van der Waals surface area contributed by atoms with Gasteiger partial charge < -0.3 is 33.8 Å². The van der Waals surface area contributed by atoms with Gasteiger partial charge >= 0.3 is 39.5 Å². The molecule has 0 aliphatic rings. The summed E-state index contributed by atoms with van der Waals surface area (Å²) in [5, 5.41) is 10.5. The molecule has 0 rings (SSSR count). The number of aliphatic hydroxyl groups excluding tert-OH is 1. The summed E-state index contributed by atoms with van der Waals surface area (Å²) in [4.78, 5) is 72.2. The van der Waals surface area contributed by atoms with E-state index < -0.39 is 97.5 Å². The first-order valence-corrected chi connectivity index (χ1v) is 36.2. The topological polar surface area (TPSA) is 237 Å². The summed E-state index contributed by atoms with van der Waals surface area (Å²) >= 11 is 0. The molecule has 4 unspecified atom stereocenters. The number of hydrogen-bond donors (Lipinski definition) is 3. The number of aliphatic hydroxyl groups is 1. The minimum absolute atomic E-state index is 0.100. The van der Waals surface area contributed by atoms with Gasteiger partial charge in [-0.1, -0.05) is 254 Å². The molecule has 17 nitrogen and oxygen atoms in total. The van der Waals surface area contributed by atoms with Gasteiger partial charge in [0.1, 0.15) is 19.3 Å². The Morgan fingerprint density at radius 1 is 0.337 bits per heavy atom. The van der Waals surface area contributed by atoms with Crippen molar-refractivity contribution in [2.75, 3.05) is 39.6 Å². The molecule has 0 heterocycles. The molecule has 0 radical (unpaired) electrons. The lowest BCUT2D eigenvalue weighted by Gasteiger charge is -2.21. The van der Waals surface area contributed by atoms with Crippen LogP contribution in [-0.2, 0) is 65.4 Å². The zero-order valence-electron chi connectivity index (χ0n) is 53.8. The van der Waals surface area contributed by atoms with Gasteiger partial charge in [-0.05, 0) is 49.4 Å². The lowest BCUT2D eigenvalue weighted by molar-refractivity contribution is -0.161. The van der Waals surface area contributed by atoms with Crippen LogP contribution in [0.1, 0.15) is 306 Å². The van der Waals surface area contributed by atoms with Crippen molar-refractivity contribution in [2.24, 2.45) is 23.7 Å². The first-order chi connectivity index (χ1) is 39.6. The largest absolute Gasteiger partial charge is 0.472 e. The predicted octanol–water partition coefficient (Wildman–Crippen LogP) is 17.4. The Hall–Kier alpha value is -1.94. The van der Waals surface area contributed by atoms with Crippen molar-refractivity contribution in [2.45, 2.75) is 324 Å². The molecule has 0 bridgehead atoms. The van der Waals surface area contributed by atoms with Crippen molar-refractivity contribution in [3.05, 3.63) is 0 Å². The van der Waals surface area contributed by atoms with Crippen molar-refractivity contribution in [3.8, 4) is 0 Å². The minimum atomic E-state index is -4.95. The summed E-state index contributed by atoms with van der Waals surface area (Å²) in [6, 6.07) is 0. The third-order valence-electron chi connectivity index (χ3n) is 14.9. The normalized spacial score (nSPS) is 14.8. The van der Waals surface area contributed by atoms with Crippen LogP contribution < -0.4 is 0 Å². The number of carbonyl (C=O) groups excluding carboxylic acids is 4. The fraction of sp³-hybridized carbons (Fsp3) is 0.938. The molecule has 0 fully saturated rings. The van der Waals surface area contributed by atoms with Crippen molar-refractivity contribution in [1.82, 2.24) is 0 Å². The van der Waals surface area contributed by atoms with Gasteiger partial charge in [0, 0.05) is 25.7 Å². The van der Waals surface area contributed by atoms with E-state index in [4.69, 9.17) is 37.0 Å². The summed E-state index contributed by atoms with van der Waals surface area (Å²) in [6.07, 6.45) is 33.7. The number of esters is 4. The second kappa shape index (κ2) is 54.2. The minimum Gasteiger partial charge on any atom is -0.462 e. The summed E-state index contributed by atoms with van der Waals surface area (Å²) in [5.41, 5.74) is 0. The molecule has 0 amide bonds. The molecule has 0 aliphatic carbocycles. The van der Waals surface area contributed by atoms with E-state index in [-0.39, 0.29) is 25.7 Å². The lowest BCUT2D eigenvalue weighted by atomic mass is 10.00. The van der Waals surface area contributed by atoms with E-state index in [1.54, 1.807) is 0 Å². The van der Waals surface area contributed by atoms with Gasteiger partial charge in [0.05, 0.1) is 26.4 Å². The van der Waals surface area contributed by atoms with Gasteiger partial charge in [-0.15, -0.1) is 0 Å². The number of unbranched alkanes of at least 4 members (excludes halogenated alkanes) is 26. The van der Waals surface area contributed by atoms with Crippen LogP contribution in [-0.4, -0.2) is 96.7 Å². The highest BCUT2D eigenvalue weighted by Crippen LogP contribution is 2.45.